The smallest absolute Gasteiger partial charge is 0.157 e. The Balaban J connectivity index is 2.15. The van der Waals surface area contributed by atoms with Crippen LogP contribution in [-0.4, -0.2) is 42.5 Å². The number of benzene rings is 1. The highest BCUT2D eigenvalue weighted by atomic mass is 16.5. The molecular weight excluding hydrogens is 262 g/mol. The van der Waals surface area contributed by atoms with Gasteiger partial charge in [-0.25, -0.2) is 0 Å². The summed E-state index contributed by atoms with van der Waals surface area (Å²) in [6.45, 7) is 11.5. The lowest BCUT2D eigenvalue weighted by molar-refractivity contribution is -0.133. The normalized spacial score (nSPS) is 19.2. The second-order valence-corrected chi connectivity index (χ2v) is 6.32. The standard InChI is InChI=1S/C18H27NO2/c1-5-18(4,19-6-8-21-9-7-19)17(20)13-16-11-14(2)10-15(3)12-16/h10-12H,5-9,13H2,1-4H3. The number of carbonyl (C=O) groups excluding carboxylic acids is 1. The summed E-state index contributed by atoms with van der Waals surface area (Å²) in [5.74, 6) is 0.317. The summed E-state index contributed by atoms with van der Waals surface area (Å²) in [6, 6.07) is 6.40. The van der Waals surface area contributed by atoms with Gasteiger partial charge in [-0.1, -0.05) is 36.2 Å². The number of morpholine rings is 1. The molecule has 3 nitrogen and oxygen atoms in total. The van der Waals surface area contributed by atoms with Gasteiger partial charge in [0.15, 0.2) is 5.78 Å². The molecule has 0 aliphatic carbocycles. The highest BCUT2D eigenvalue weighted by molar-refractivity contribution is 5.89. The monoisotopic (exact) mass is 289 g/mol. The van der Waals surface area contributed by atoms with Gasteiger partial charge < -0.3 is 4.74 Å². The number of rotatable bonds is 5. The van der Waals surface area contributed by atoms with E-state index in [4.69, 9.17) is 4.74 Å². The first kappa shape index (κ1) is 16.2. The van der Waals surface area contributed by atoms with Crippen molar-refractivity contribution in [1.82, 2.24) is 4.90 Å². The van der Waals surface area contributed by atoms with E-state index in [9.17, 15) is 4.79 Å². The van der Waals surface area contributed by atoms with Crippen molar-refractivity contribution in [2.24, 2.45) is 0 Å². The third-order valence-electron chi connectivity index (χ3n) is 4.64. The summed E-state index contributed by atoms with van der Waals surface area (Å²) in [5.41, 5.74) is 3.21. The Labute approximate surface area is 128 Å². The summed E-state index contributed by atoms with van der Waals surface area (Å²) in [4.78, 5) is 15.2. The van der Waals surface area contributed by atoms with Crippen molar-refractivity contribution in [3.63, 3.8) is 0 Å². The quantitative estimate of drug-likeness (QED) is 0.834. The van der Waals surface area contributed by atoms with Crippen molar-refractivity contribution in [3.8, 4) is 0 Å². The summed E-state index contributed by atoms with van der Waals surface area (Å²) >= 11 is 0. The van der Waals surface area contributed by atoms with Gasteiger partial charge in [-0.2, -0.15) is 0 Å². The zero-order valence-electron chi connectivity index (χ0n) is 13.7. The molecule has 0 aromatic heterocycles. The maximum Gasteiger partial charge on any atom is 0.157 e. The van der Waals surface area contributed by atoms with E-state index in [0.717, 1.165) is 38.3 Å². The lowest BCUT2D eigenvalue weighted by atomic mass is 9.86. The van der Waals surface area contributed by atoms with Crippen LogP contribution in [0.25, 0.3) is 0 Å². The Bertz CT molecular complexity index is 486. The number of nitrogens with zero attached hydrogens (tertiary/aromatic N) is 1. The lowest BCUT2D eigenvalue weighted by Crippen LogP contribution is -2.56. The van der Waals surface area contributed by atoms with E-state index in [0.29, 0.717) is 12.2 Å². The Kier molecular flexibility index (Phi) is 5.17. The molecule has 116 valence electrons. The second kappa shape index (κ2) is 6.71. The van der Waals surface area contributed by atoms with E-state index < -0.39 is 0 Å². The van der Waals surface area contributed by atoms with Gasteiger partial charge in [-0.15, -0.1) is 0 Å². The number of aryl methyl sites for hydroxylation is 2. The molecule has 1 unspecified atom stereocenters. The van der Waals surface area contributed by atoms with Crippen LogP contribution in [0.2, 0.25) is 0 Å². The molecule has 21 heavy (non-hydrogen) atoms. The van der Waals surface area contributed by atoms with Gasteiger partial charge in [-0.05, 0) is 32.8 Å². The molecule has 0 radical (unpaired) electrons. The molecule has 1 aliphatic rings. The first-order chi connectivity index (χ1) is 9.95. The van der Waals surface area contributed by atoms with E-state index in [1.807, 2.05) is 0 Å². The number of ether oxygens (including phenoxy) is 1. The predicted octanol–water partition coefficient (Wildman–Crippen LogP) is 2.92. The molecule has 0 N–H and O–H groups in total. The van der Waals surface area contributed by atoms with Crippen molar-refractivity contribution in [2.45, 2.75) is 46.1 Å². The maximum atomic E-state index is 12.9. The van der Waals surface area contributed by atoms with E-state index in [-0.39, 0.29) is 5.54 Å². The molecular formula is C18H27NO2. The second-order valence-electron chi connectivity index (χ2n) is 6.32. The van der Waals surface area contributed by atoms with Crippen LogP contribution in [0.4, 0.5) is 0 Å². The molecule has 1 fully saturated rings. The van der Waals surface area contributed by atoms with E-state index >= 15 is 0 Å². The van der Waals surface area contributed by atoms with Gasteiger partial charge in [0.25, 0.3) is 0 Å². The third kappa shape index (κ3) is 3.72. The Morgan fingerprint density at radius 3 is 2.29 bits per heavy atom. The molecule has 1 aromatic rings. The summed E-state index contributed by atoms with van der Waals surface area (Å²) in [7, 11) is 0. The minimum Gasteiger partial charge on any atom is -0.379 e. The van der Waals surface area contributed by atoms with Crippen molar-refractivity contribution < 1.29 is 9.53 Å². The average Bonchev–Trinajstić information content (AvgIpc) is 2.46. The highest BCUT2D eigenvalue weighted by Crippen LogP contribution is 2.24. The molecule has 3 heteroatoms. The molecule has 1 aliphatic heterocycles. The largest absolute Gasteiger partial charge is 0.379 e. The topological polar surface area (TPSA) is 29.5 Å². The first-order valence-electron chi connectivity index (χ1n) is 7.89. The van der Waals surface area contributed by atoms with Gasteiger partial charge in [0.05, 0.1) is 18.8 Å². The molecule has 1 aromatic carbocycles. The number of carbonyl (C=O) groups is 1. The summed E-state index contributed by atoms with van der Waals surface area (Å²) in [6.07, 6.45) is 1.36. The molecule has 0 saturated carbocycles. The van der Waals surface area contributed by atoms with Crippen molar-refractivity contribution in [1.29, 1.82) is 0 Å². The minimum atomic E-state index is -0.374. The Morgan fingerprint density at radius 2 is 1.76 bits per heavy atom. The maximum absolute atomic E-state index is 12.9. The number of hydrogen-bond acceptors (Lipinski definition) is 3. The molecule has 1 heterocycles. The SMILES string of the molecule is CCC(C)(C(=O)Cc1cc(C)cc(C)c1)N1CCOCC1. The van der Waals surface area contributed by atoms with Crippen LogP contribution >= 0.6 is 0 Å². The average molecular weight is 289 g/mol. The van der Waals surface area contributed by atoms with E-state index in [2.05, 4.69) is 50.8 Å². The number of ketones is 1. The molecule has 0 amide bonds. The molecule has 0 spiro atoms. The summed E-state index contributed by atoms with van der Waals surface area (Å²) < 4.78 is 5.42. The predicted molar refractivity (Wildman–Crippen MR) is 85.7 cm³/mol. The van der Waals surface area contributed by atoms with Crippen molar-refractivity contribution in [2.75, 3.05) is 26.3 Å². The van der Waals surface area contributed by atoms with E-state index in [1.54, 1.807) is 0 Å². The van der Waals surface area contributed by atoms with Crippen molar-refractivity contribution >= 4 is 5.78 Å². The van der Waals surface area contributed by atoms with Crippen LogP contribution in [0, 0.1) is 13.8 Å². The Morgan fingerprint density at radius 1 is 1.19 bits per heavy atom. The van der Waals surface area contributed by atoms with Crippen LogP contribution in [0.3, 0.4) is 0 Å². The van der Waals surface area contributed by atoms with Crippen LogP contribution < -0.4 is 0 Å². The molecule has 2 rings (SSSR count). The van der Waals surface area contributed by atoms with Gasteiger partial charge in [0.1, 0.15) is 0 Å². The van der Waals surface area contributed by atoms with Gasteiger partial charge in [-0.3, -0.25) is 9.69 Å². The van der Waals surface area contributed by atoms with Crippen LogP contribution in [-0.2, 0) is 16.0 Å². The third-order valence-corrected chi connectivity index (χ3v) is 4.64. The lowest BCUT2D eigenvalue weighted by Gasteiger charge is -2.41. The van der Waals surface area contributed by atoms with Crippen molar-refractivity contribution in [3.05, 3.63) is 34.9 Å². The fourth-order valence-corrected chi connectivity index (χ4v) is 3.20. The molecule has 1 atom stereocenters. The number of Topliss-reactive ketones (excluding diaryl/α,β-unsaturated/α-hetero) is 1. The molecule has 1 saturated heterocycles. The minimum absolute atomic E-state index is 0.317. The zero-order valence-corrected chi connectivity index (χ0v) is 13.7. The van der Waals surface area contributed by atoms with E-state index in [1.165, 1.54) is 11.1 Å². The van der Waals surface area contributed by atoms with Crippen LogP contribution in [0.5, 0.6) is 0 Å². The highest BCUT2D eigenvalue weighted by Gasteiger charge is 2.37. The summed E-state index contributed by atoms with van der Waals surface area (Å²) in [5, 5.41) is 0. The zero-order chi connectivity index (χ0) is 15.5. The van der Waals surface area contributed by atoms with Crippen LogP contribution in [0.1, 0.15) is 37.0 Å². The molecule has 0 bridgehead atoms. The fraction of sp³-hybridized carbons (Fsp3) is 0.611. The van der Waals surface area contributed by atoms with Gasteiger partial charge in [0.2, 0.25) is 0 Å². The fourth-order valence-electron chi connectivity index (χ4n) is 3.20. The first-order valence-corrected chi connectivity index (χ1v) is 7.89. The Hall–Kier alpha value is -1.19. The van der Waals surface area contributed by atoms with Gasteiger partial charge >= 0.3 is 0 Å². The number of hydrogen-bond donors (Lipinski definition) is 0. The van der Waals surface area contributed by atoms with Crippen LogP contribution in [0.15, 0.2) is 18.2 Å². The van der Waals surface area contributed by atoms with Gasteiger partial charge in [0, 0.05) is 19.5 Å².